The van der Waals surface area contributed by atoms with E-state index in [9.17, 15) is 0 Å². The van der Waals surface area contributed by atoms with E-state index in [-0.39, 0.29) is 0 Å². The van der Waals surface area contributed by atoms with Crippen LogP contribution in [-0.2, 0) is 11.3 Å². The van der Waals surface area contributed by atoms with E-state index < -0.39 is 0 Å². The SMILES string of the molecule is CC1=CN(Cc2ccccc2)CC(C)O1. The van der Waals surface area contributed by atoms with Crippen molar-refractivity contribution in [3.05, 3.63) is 47.9 Å². The first-order chi connectivity index (χ1) is 7.24. The summed E-state index contributed by atoms with van der Waals surface area (Å²) in [6.07, 6.45) is 2.38. The smallest absolute Gasteiger partial charge is 0.113 e. The molecule has 1 aromatic carbocycles. The molecule has 1 unspecified atom stereocenters. The Kier molecular flexibility index (Phi) is 2.95. The molecule has 2 rings (SSSR count). The highest BCUT2D eigenvalue weighted by molar-refractivity contribution is 5.15. The van der Waals surface area contributed by atoms with Crippen LogP contribution in [-0.4, -0.2) is 17.5 Å². The number of nitrogens with zero attached hydrogens (tertiary/aromatic N) is 1. The van der Waals surface area contributed by atoms with Crippen molar-refractivity contribution in [3.8, 4) is 0 Å². The lowest BCUT2D eigenvalue weighted by Crippen LogP contribution is -2.32. The van der Waals surface area contributed by atoms with Crippen molar-refractivity contribution in [2.24, 2.45) is 0 Å². The summed E-state index contributed by atoms with van der Waals surface area (Å²) < 4.78 is 5.57. The van der Waals surface area contributed by atoms with Gasteiger partial charge in [0.1, 0.15) is 11.9 Å². The lowest BCUT2D eigenvalue weighted by molar-refractivity contribution is 0.0714. The summed E-state index contributed by atoms with van der Waals surface area (Å²) in [6, 6.07) is 10.5. The van der Waals surface area contributed by atoms with Gasteiger partial charge in [-0.2, -0.15) is 0 Å². The zero-order valence-electron chi connectivity index (χ0n) is 9.31. The standard InChI is InChI=1S/C13H17NO/c1-11-8-14(9-12(2)15-11)10-13-6-4-3-5-7-13/h3-8,12H,9-10H2,1-2H3. The lowest BCUT2D eigenvalue weighted by atomic mass is 10.2. The molecule has 0 saturated carbocycles. The van der Waals surface area contributed by atoms with Crippen LogP contribution in [0, 0.1) is 0 Å². The van der Waals surface area contributed by atoms with E-state index in [4.69, 9.17) is 4.74 Å². The molecule has 1 heterocycles. The normalized spacial score (nSPS) is 20.8. The zero-order valence-corrected chi connectivity index (χ0v) is 9.31. The Hall–Kier alpha value is -1.44. The molecule has 0 fully saturated rings. The molecule has 80 valence electrons. The van der Waals surface area contributed by atoms with E-state index in [1.165, 1.54) is 5.56 Å². The second-order valence-corrected chi connectivity index (χ2v) is 4.08. The molecule has 0 saturated heterocycles. The molecular formula is C13H17NO. The van der Waals surface area contributed by atoms with Gasteiger partial charge < -0.3 is 9.64 Å². The van der Waals surface area contributed by atoms with Crippen LogP contribution in [0.3, 0.4) is 0 Å². The lowest BCUT2D eigenvalue weighted by Gasteiger charge is -2.30. The number of benzene rings is 1. The fraction of sp³-hybridized carbons (Fsp3) is 0.385. The third kappa shape index (κ3) is 2.75. The summed E-state index contributed by atoms with van der Waals surface area (Å²) in [5.74, 6) is 1.00. The van der Waals surface area contributed by atoms with E-state index in [1.807, 2.05) is 13.0 Å². The Bertz CT molecular complexity index is 345. The Morgan fingerprint density at radius 1 is 1.33 bits per heavy atom. The van der Waals surface area contributed by atoms with Gasteiger partial charge in [-0.1, -0.05) is 30.3 Å². The molecule has 0 aromatic heterocycles. The van der Waals surface area contributed by atoms with Gasteiger partial charge in [0.25, 0.3) is 0 Å². The van der Waals surface area contributed by atoms with E-state index in [2.05, 4.69) is 42.3 Å². The Morgan fingerprint density at radius 2 is 2.07 bits per heavy atom. The van der Waals surface area contributed by atoms with Crippen LogP contribution in [0.2, 0.25) is 0 Å². The Balaban J connectivity index is 2.04. The van der Waals surface area contributed by atoms with Gasteiger partial charge in [0.15, 0.2) is 0 Å². The fourth-order valence-electron chi connectivity index (χ4n) is 1.95. The number of hydrogen-bond acceptors (Lipinski definition) is 2. The minimum atomic E-state index is 0.290. The van der Waals surface area contributed by atoms with Crippen molar-refractivity contribution in [1.29, 1.82) is 0 Å². The first kappa shape index (κ1) is 10.1. The van der Waals surface area contributed by atoms with E-state index in [0.29, 0.717) is 6.10 Å². The first-order valence-corrected chi connectivity index (χ1v) is 5.37. The monoisotopic (exact) mass is 203 g/mol. The maximum absolute atomic E-state index is 5.57. The van der Waals surface area contributed by atoms with Crippen molar-refractivity contribution < 1.29 is 4.74 Å². The van der Waals surface area contributed by atoms with Crippen LogP contribution < -0.4 is 0 Å². The first-order valence-electron chi connectivity index (χ1n) is 5.37. The van der Waals surface area contributed by atoms with Crippen LogP contribution in [0.4, 0.5) is 0 Å². The molecule has 1 aliphatic heterocycles. The van der Waals surface area contributed by atoms with Gasteiger partial charge in [-0.05, 0) is 19.4 Å². The van der Waals surface area contributed by atoms with Gasteiger partial charge in [-0.15, -0.1) is 0 Å². The van der Waals surface area contributed by atoms with Crippen LogP contribution in [0.1, 0.15) is 19.4 Å². The van der Waals surface area contributed by atoms with Crippen LogP contribution in [0.5, 0.6) is 0 Å². The fourth-order valence-corrected chi connectivity index (χ4v) is 1.95. The topological polar surface area (TPSA) is 12.5 Å². The van der Waals surface area contributed by atoms with Crippen molar-refractivity contribution in [3.63, 3.8) is 0 Å². The molecule has 1 aromatic rings. The molecule has 2 nitrogen and oxygen atoms in total. The minimum Gasteiger partial charge on any atom is -0.492 e. The van der Waals surface area contributed by atoms with Crippen LogP contribution in [0.25, 0.3) is 0 Å². The van der Waals surface area contributed by atoms with E-state index in [1.54, 1.807) is 0 Å². The number of ether oxygens (including phenoxy) is 1. The van der Waals surface area contributed by atoms with Gasteiger partial charge >= 0.3 is 0 Å². The molecule has 2 heteroatoms. The number of allylic oxidation sites excluding steroid dienone is 1. The van der Waals surface area contributed by atoms with Gasteiger partial charge in [-0.25, -0.2) is 0 Å². The second-order valence-electron chi connectivity index (χ2n) is 4.08. The largest absolute Gasteiger partial charge is 0.492 e. The molecule has 0 spiro atoms. The molecule has 1 atom stereocenters. The summed E-state index contributed by atoms with van der Waals surface area (Å²) in [7, 11) is 0. The maximum atomic E-state index is 5.57. The predicted molar refractivity (Wildman–Crippen MR) is 61.2 cm³/mol. The third-order valence-electron chi connectivity index (χ3n) is 2.47. The summed E-state index contributed by atoms with van der Waals surface area (Å²) in [5.41, 5.74) is 1.34. The van der Waals surface area contributed by atoms with Crippen LogP contribution in [0.15, 0.2) is 42.3 Å². The molecule has 0 N–H and O–H groups in total. The molecular weight excluding hydrogens is 186 g/mol. The predicted octanol–water partition coefficient (Wildman–Crippen LogP) is 2.77. The molecule has 0 bridgehead atoms. The average Bonchev–Trinajstić information content (AvgIpc) is 2.17. The quantitative estimate of drug-likeness (QED) is 0.732. The third-order valence-corrected chi connectivity index (χ3v) is 2.47. The number of hydrogen-bond donors (Lipinski definition) is 0. The van der Waals surface area contributed by atoms with Crippen molar-refractivity contribution >= 4 is 0 Å². The summed E-state index contributed by atoms with van der Waals surface area (Å²) in [5, 5.41) is 0. The second kappa shape index (κ2) is 4.39. The summed E-state index contributed by atoms with van der Waals surface area (Å²) >= 11 is 0. The molecule has 0 amide bonds. The minimum absolute atomic E-state index is 0.290. The highest BCUT2D eigenvalue weighted by Gasteiger charge is 2.14. The molecule has 0 radical (unpaired) electrons. The van der Waals surface area contributed by atoms with Gasteiger partial charge in [0, 0.05) is 12.7 Å². The number of rotatable bonds is 2. The van der Waals surface area contributed by atoms with E-state index >= 15 is 0 Å². The zero-order chi connectivity index (χ0) is 10.7. The highest BCUT2D eigenvalue weighted by Crippen LogP contribution is 2.15. The van der Waals surface area contributed by atoms with Crippen molar-refractivity contribution in [2.45, 2.75) is 26.5 Å². The van der Waals surface area contributed by atoms with Crippen molar-refractivity contribution in [2.75, 3.05) is 6.54 Å². The van der Waals surface area contributed by atoms with Gasteiger partial charge in [0.05, 0.1) is 6.54 Å². The molecule has 15 heavy (non-hydrogen) atoms. The van der Waals surface area contributed by atoms with Gasteiger partial charge in [-0.3, -0.25) is 0 Å². The molecule has 1 aliphatic rings. The van der Waals surface area contributed by atoms with E-state index in [0.717, 1.165) is 18.8 Å². The molecule has 0 aliphatic carbocycles. The van der Waals surface area contributed by atoms with Crippen LogP contribution >= 0.6 is 0 Å². The average molecular weight is 203 g/mol. The van der Waals surface area contributed by atoms with Gasteiger partial charge in [0.2, 0.25) is 0 Å². The highest BCUT2D eigenvalue weighted by atomic mass is 16.5. The Labute approximate surface area is 91.2 Å². The Morgan fingerprint density at radius 3 is 2.73 bits per heavy atom. The summed E-state index contributed by atoms with van der Waals surface area (Å²) in [4.78, 5) is 2.30. The van der Waals surface area contributed by atoms with Crippen molar-refractivity contribution in [1.82, 2.24) is 4.90 Å². The summed E-state index contributed by atoms with van der Waals surface area (Å²) in [6.45, 7) is 6.04. The maximum Gasteiger partial charge on any atom is 0.113 e.